The summed E-state index contributed by atoms with van der Waals surface area (Å²) in [5, 5.41) is 3.90. The second-order valence-corrected chi connectivity index (χ2v) is 6.13. The molecule has 2 amide bonds. The normalized spacial score (nSPS) is 17.3. The van der Waals surface area contributed by atoms with Gasteiger partial charge in [-0.15, -0.1) is 0 Å². The molecule has 24 heavy (non-hydrogen) atoms. The Morgan fingerprint density at radius 1 is 1.12 bits per heavy atom. The minimum Gasteiger partial charge on any atom is -0.497 e. The molecule has 0 spiro atoms. The largest absolute Gasteiger partial charge is 0.497 e. The lowest BCUT2D eigenvalue weighted by molar-refractivity contribution is -0.121. The van der Waals surface area contributed by atoms with Gasteiger partial charge < -0.3 is 10.1 Å². The molecule has 1 aliphatic heterocycles. The number of halogens is 2. The summed E-state index contributed by atoms with van der Waals surface area (Å²) < 4.78 is 5.08. The van der Waals surface area contributed by atoms with Crippen molar-refractivity contribution in [2.75, 3.05) is 17.3 Å². The fourth-order valence-corrected chi connectivity index (χ4v) is 3.00. The number of nitrogens with one attached hydrogen (secondary N) is 1. The summed E-state index contributed by atoms with van der Waals surface area (Å²) in [5.41, 5.74) is 1.07. The number of nitrogens with zero attached hydrogens (tertiary/aromatic N) is 1. The molecular weight excluding hydrogens is 351 g/mol. The molecule has 1 fully saturated rings. The zero-order valence-electron chi connectivity index (χ0n) is 12.8. The van der Waals surface area contributed by atoms with E-state index >= 15 is 0 Å². The van der Waals surface area contributed by atoms with Gasteiger partial charge in [-0.1, -0.05) is 23.2 Å². The van der Waals surface area contributed by atoms with Crippen molar-refractivity contribution in [3.05, 3.63) is 52.5 Å². The molecule has 1 atom stereocenters. The molecule has 1 saturated heterocycles. The van der Waals surface area contributed by atoms with Crippen LogP contribution in [0.3, 0.4) is 0 Å². The fourth-order valence-electron chi connectivity index (χ4n) is 2.54. The van der Waals surface area contributed by atoms with Crippen molar-refractivity contribution in [1.82, 2.24) is 0 Å². The molecule has 0 saturated carbocycles. The van der Waals surface area contributed by atoms with Gasteiger partial charge in [0.15, 0.2) is 0 Å². The van der Waals surface area contributed by atoms with E-state index in [9.17, 15) is 9.59 Å². The van der Waals surface area contributed by atoms with Gasteiger partial charge >= 0.3 is 0 Å². The van der Waals surface area contributed by atoms with E-state index in [0.717, 1.165) is 0 Å². The Bertz CT molecular complexity index is 793. The Balaban J connectivity index is 1.80. The predicted molar refractivity (Wildman–Crippen MR) is 94.0 cm³/mol. The zero-order chi connectivity index (χ0) is 17.3. The monoisotopic (exact) mass is 364 g/mol. The van der Waals surface area contributed by atoms with E-state index in [1.165, 1.54) is 4.90 Å². The lowest BCUT2D eigenvalue weighted by atomic mass is 10.2. The van der Waals surface area contributed by atoms with Crippen LogP contribution in [0.5, 0.6) is 5.75 Å². The first kappa shape index (κ1) is 16.6. The van der Waals surface area contributed by atoms with Gasteiger partial charge in [0.2, 0.25) is 5.91 Å². The van der Waals surface area contributed by atoms with Crippen LogP contribution >= 0.6 is 23.2 Å². The molecule has 3 rings (SSSR count). The minimum atomic E-state index is -0.668. The molecule has 0 unspecified atom stereocenters. The molecule has 0 aromatic heterocycles. The van der Waals surface area contributed by atoms with Crippen molar-refractivity contribution in [1.29, 1.82) is 0 Å². The standard InChI is InChI=1S/C17H14Cl2N2O3/c1-24-12-5-3-11(4-6-12)21-16(22)9-15(17(21)23)20-14-7-2-10(18)8-13(14)19/h2-8,15,20H,9H2,1H3/t15-/m0/s1. The molecule has 1 heterocycles. The van der Waals surface area contributed by atoms with Crippen LogP contribution in [0.25, 0.3) is 0 Å². The number of hydrogen-bond acceptors (Lipinski definition) is 4. The number of amides is 2. The Hall–Kier alpha value is -2.24. The molecule has 5 nitrogen and oxygen atoms in total. The van der Waals surface area contributed by atoms with Crippen molar-refractivity contribution < 1.29 is 14.3 Å². The average molecular weight is 365 g/mol. The molecule has 2 aromatic rings. The fraction of sp³-hybridized carbons (Fsp3) is 0.176. The smallest absolute Gasteiger partial charge is 0.256 e. The Kier molecular flexibility index (Phi) is 4.64. The third-order valence-corrected chi connectivity index (χ3v) is 4.29. The van der Waals surface area contributed by atoms with Crippen LogP contribution in [0.4, 0.5) is 11.4 Å². The molecule has 1 N–H and O–H groups in total. The van der Waals surface area contributed by atoms with E-state index < -0.39 is 6.04 Å². The Morgan fingerprint density at radius 3 is 2.46 bits per heavy atom. The van der Waals surface area contributed by atoms with Gasteiger partial charge in [-0.05, 0) is 42.5 Å². The number of anilines is 2. The second-order valence-electron chi connectivity index (χ2n) is 5.29. The zero-order valence-corrected chi connectivity index (χ0v) is 14.3. The van der Waals surface area contributed by atoms with E-state index in [4.69, 9.17) is 27.9 Å². The average Bonchev–Trinajstić information content (AvgIpc) is 2.84. The SMILES string of the molecule is COc1ccc(N2C(=O)C[C@H](Nc3ccc(Cl)cc3Cl)C2=O)cc1. The summed E-state index contributed by atoms with van der Waals surface area (Å²) in [5.74, 6) is 0.0596. The van der Waals surface area contributed by atoms with Crippen LogP contribution < -0.4 is 15.0 Å². The van der Waals surface area contributed by atoms with E-state index in [-0.39, 0.29) is 18.2 Å². The highest BCUT2D eigenvalue weighted by Crippen LogP contribution is 2.30. The third-order valence-electron chi connectivity index (χ3n) is 3.74. The highest BCUT2D eigenvalue weighted by atomic mass is 35.5. The van der Waals surface area contributed by atoms with Gasteiger partial charge in [0.05, 0.1) is 29.9 Å². The summed E-state index contributed by atoms with van der Waals surface area (Å²) in [6.45, 7) is 0. The van der Waals surface area contributed by atoms with E-state index in [0.29, 0.717) is 27.2 Å². The van der Waals surface area contributed by atoms with Crippen molar-refractivity contribution in [3.63, 3.8) is 0 Å². The number of imide groups is 1. The quantitative estimate of drug-likeness (QED) is 0.839. The number of benzene rings is 2. The number of carbonyl (C=O) groups is 2. The molecule has 124 valence electrons. The van der Waals surface area contributed by atoms with Gasteiger partial charge in [-0.3, -0.25) is 9.59 Å². The first-order valence-corrected chi connectivity index (χ1v) is 7.97. The molecular formula is C17H14Cl2N2O3. The van der Waals surface area contributed by atoms with E-state index in [2.05, 4.69) is 5.32 Å². The molecule has 0 aliphatic carbocycles. The van der Waals surface area contributed by atoms with Crippen LogP contribution in [0, 0.1) is 0 Å². The summed E-state index contributed by atoms with van der Waals surface area (Å²) in [4.78, 5) is 26.0. The third kappa shape index (κ3) is 3.18. The molecule has 1 aliphatic rings. The lowest BCUT2D eigenvalue weighted by Gasteiger charge is -2.17. The Morgan fingerprint density at radius 2 is 1.83 bits per heavy atom. The first-order valence-electron chi connectivity index (χ1n) is 7.22. The van der Waals surface area contributed by atoms with Gasteiger partial charge in [0.1, 0.15) is 11.8 Å². The predicted octanol–water partition coefficient (Wildman–Crippen LogP) is 3.75. The molecule has 7 heteroatoms. The second kappa shape index (κ2) is 6.71. The van der Waals surface area contributed by atoms with Crippen molar-refractivity contribution >= 4 is 46.4 Å². The molecule has 2 aromatic carbocycles. The maximum absolute atomic E-state index is 12.6. The van der Waals surface area contributed by atoms with Crippen molar-refractivity contribution in [2.45, 2.75) is 12.5 Å². The maximum atomic E-state index is 12.6. The number of carbonyl (C=O) groups excluding carboxylic acids is 2. The van der Waals surface area contributed by atoms with Gasteiger partial charge in [-0.2, -0.15) is 0 Å². The summed E-state index contributed by atoms with van der Waals surface area (Å²) in [6.07, 6.45) is 0.0593. The van der Waals surface area contributed by atoms with Gasteiger partial charge in [-0.25, -0.2) is 4.90 Å². The summed E-state index contributed by atoms with van der Waals surface area (Å²) in [7, 11) is 1.55. The summed E-state index contributed by atoms with van der Waals surface area (Å²) >= 11 is 12.0. The number of methoxy groups -OCH3 is 1. The van der Waals surface area contributed by atoms with Crippen LogP contribution in [0.15, 0.2) is 42.5 Å². The topological polar surface area (TPSA) is 58.6 Å². The molecule has 0 radical (unpaired) electrons. The summed E-state index contributed by atoms with van der Waals surface area (Å²) in [6, 6.07) is 11.0. The first-order chi connectivity index (χ1) is 11.5. The van der Waals surface area contributed by atoms with E-state index in [1.807, 2.05) is 0 Å². The highest BCUT2D eigenvalue weighted by molar-refractivity contribution is 6.36. The van der Waals surface area contributed by atoms with Crippen LogP contribution in [-0.2, 0) is 9.59 Å². The number of rotatable bonds is 4. The van der Waals surface area contributed by atoms with Gasteiger partial charge in [0.25, 0.3) is 5.91 Å². The van der Waals surface area contributed by atoms with Crippen molar-refractivity contribution in [2.24, 2.45) is 0 Å². The lowest BCUT2D eigenvalue weighted by Crippen LogP contribution is -2.34. The number of hydrogen-bond donors (Lipinski definition) is 1. The molecule has 0 bridgehead atoms. The van der Waals surface area contributed by atoms with Crippen LogP contribution in [-0.4, -0.2) is 25.0 Å². The number of ether oxygens (including phenoxy) is 1. The van der Waals surface area contributed by atoms with Crippen molar-refractivity contribution in [3.8, 4) is 5.75 Å². The van der Waals surface area contributed by atoms with E-state index in [1.54, 1.807) is 49.6 Å². The Labute approximate surface area is 149 Å². The highest BCUT2D eigenvalue weighted by Gasteiger charge is 2.39. The maximum Gasteiger partial charge on any atom is 0.256 e. The van der Waals surface area contributed by atoms with Gasteiger partial charge in [0, 0.05) is 5.02 Å². The van der Waals surface area contributed by atoms with Crippen LogP contribution in [0.2, 0.25) is 10.0 Å². The minimum absolute atomic E-state index is 0.0593. The van der Waals surface area contributed by atoms with Crippen LogP contribution in [0.1, 0.15) is 6.42 Å².